The molecule has 0 spiro atoms. The molecule has 1 aromatic carbocycles. The first kappa shape index (κ1) is 11.1. The fourth-order valence-corrected chi connectivity index (χ4v) is 2.12. The summed E-state index contributed by atoms with van der Waals surface area (Å²) in [6, 6.07) is 11.5. The minimum absolute atomic E-state index is 0.687. The lowest BCUT2D eigenvalue weighted by molar-refractivity contribution is 0.416. The molecule has 0 unspecified atom stereocenters. The van der Waals surface area contributed by atoms with Crippen molar-refractivity contribution in [2.24, 2.45) is 0 Å². The Morgan fingerprint density at radius 1 is 1.11 bits per heavy atom. The second kappa shape index (κ2) is 4.35. The minimum Gasteiger partial charge on any atom is -0.496 e. The maximum atomic E-state index is 5.96. The maximum absolute atomic E-state index is 5.96. The smallest absolute Gasteiger partial charge is 0.137 e. The number of halogens is 1. The minimum atomic E-state index is 0.687. The molecule has 2 heterocycles. The lowest BCUT2D eigenvalue weighted by Gasteiger charge is -2.04. The van der Waals surface area contributed by atoms with Crippen LogP contribution in [0.4, 0.5) is 0 Å². The van der Waals surface area contributed by atoms with Crippen LogP contribution in [0.5, 0.6) is 5.75 Å². The van der Waals surface area contributed by atoms with Crippen molar-refractivity contribution in [2.75, 3.05) is 7.11 Å². The Morgan fingerprint density at radius 3 is 2.78 bits per heavy atom. The molecule has 18 heavy (non-hydrogen) atoms. The van der Waals surface area contributed by atoms with Crippen LogP contribution in [0.3, 0.4) is 0 Å². The standard InChI is InChI=1S/C14H11ClN2O/c1-18-13-5-3-2-4-11(13)12-9-17-8-10(15)6-7-14(17)16-12/h2-9H,1H3. The Kier molecular flexibility index (Phi) is 2.68. The summed E-state index contributed by atoms with van der Waals surface area (Å²) in [6.07, 6.45) is 3.78. The number of hydrogen-bond donors (Lipinski definition) is 0. The van der Waals surface area contributed by atoms with Gasteiger partial charge in [-0.1, -0.05) is 23.7 Å². The Bertz CT molecular complexity index is 706. The zero-order valence-electron chi connectivity index (χ0n) is 9.80. The third-order valence-corrected chi connectivity index (χ3v) is 3.02. The molecule has 0 fully saturated rings. The predicted molar refractivity (Wildman–Crippen MR) is 72.2 cm³/mol. The van der Waals surface area contributed by atoms with Crippen LogP contribution in [0, 0.1) is 0 Å². The number of aromatic nitrogens is 2. The third kappa shape index (κ3) is 1.83. The van der Waals surface area contributed by atoms with Crippen molar-refractivity contribution < 1.29 is 4.74 Å². The van der Waals surface area contributed by atoms with Gasteiger partial charge < -0.3 is 9.14 Å². The summed E-state index contributed by atoms with van der Waals surface area (Å²) in [5.74, 6) is 0.812. The number of benzene rings is 1. The first-order chi connectivity index (χ1) is 8.78. The van der Waals surface area contributed by atoms with Crippen LogP contribution in [0.1, 0.15) is 0 Å². The Morgan fingerprint density at radius 2 is 1.94 bits per heavy atom. The first-order valence-corrected chi connectivity index (χ1v) is 5.93. The van der Waals surface area contributed by atoms with Gasteiger partial charge in [-0.05, 0) is 24.3 Å². The van der Waals surface area contributed by atoms with Gasteiger partial charge in [-0.25, -0.2) is 4.98 Å². The molecule has 0 amide bonds. The molecule has 3 nitrogen and oxygen atoms in total. The van der Waals surface area contributed by atoms with Gasteiger partial charge in [0.25, 0.3) is 0 Å². The number of hydrogen-bond acceptors (Lipinski definition) is 2. The average molecular weight is 259 g/mol. The van der Waals surface area contributed by atoms with Crippen molar-refractivity contribution in [1.29, 1.82) is 0 Å². The van der Waals surface area contributed by atoms with Crippen molar-refractivity contribution in [1.82, 2.24) is 9.38 Å². The normalized spacial score (nSPS) is 10.8. The van der Waals surface area contributed by atoms with Crippen LogP contribution < -0.4 is 4.74 Å². The molecule has 4 heteroatoms. The molecule has 3 aromatic rings. The largest absolute Gasteiger partial charge is 0.496 e. The summed E-state index contributed by atoms with van der Waals surface area (Å²) >= 11 is 5.96. The quantitative estimate of drug-likeness (QED) is 0.701. The molecule has 0 saturated heterocycles. The van der Waals surface area contributed by atoms with Gasteiger partial charge >= 0.3 is 0 Å². The third-order valence-electron chi connectivity index (χ3n) is 2.80. The number of rotatable bonds is 2. The topological polar surface area (TPSA) is 26.5 Å². The highest BCUT2D eigenvalue weighted by Crippen LogP contribution is 2.29. The van der Waals surface area contributed by atoms with Crippen LogP contribution in [0.15, 0.2) is 48.8 Å². The maximum Gasteiger partial charge on any atom is 0.137 e. The zero-order valence-corrected chi connectivity index (χ0v) is 10.6. The fourth-order valence-electron chi connectivity index (χ4n) is 1.95. The lowest BCUT2D eigenvalue weighted by Crippen LogP contribution is -1.86. The summed E-state index contributed by atoms with van der Waals surface area (Å²) < 4.78 is 7.25. The van der Waals surface area contributed by atoms with Gasteiger partial charge in [-0.15, -0.1) is 0 Å². The summed E-state index contributed by atoms with van der Waals surface area (Å²) in [5.41, 5.74) is 2.70. The van der Waals surface area contributed by atoms with Gasteiger partial charge in [0.1, 0.15) is 11.4 Å². The van der Waals surface area contributed by atoms with E-state index in [9.17, 15) is 0 Å². The number of nitrogens with zero attached hydrogens (tertiary/aromatic N) is 2. The van der Waals surface area contributed by atoms with E-state index in [-0.39, 0.29) is 0 Å². The molecule has 0 aliphatic heterocycles. The van der Waals surface area contributed by atoms with E-state index in [0.717, 1.165) is 22.7 Å². The van der Waals surface area contributed by atoms with Gasteiger partial charge in [0.15, 0.2) is 0 Å². The highest BCUT2D eigenvalue weighted by molar-refractivity contribution is 6.30. The Labute approximate surface area is 110 Å². The summed E-state index contributed by atoms with van der Waals surface area (Å²) in [5, 5.41) is 0.687. The number of para-hydroxylation sites is 1. The number of pyridine rings is 1. The van der Waals surface area contributed by atoms with Crippen molar-refractivity contribution in [3.05, 3.63) is 53.8 Å². The van der Waals surface area contributed by atoms with Crippen molar-refractivity contribution in [2.45, 2.75) is 0 Å². The van der Waals surface area contributed by atoms with Gasteiger partial charge in [0, 0.05) is 18.0 Å². The van der Waals surface area contributed by atoms with Crippen molar-refractivity contribution in [3.8, 4) is 17.0 Å². The van der Waals surface area contributed by atoms with Crippen LogP contribution in [0.25, 0.3) is 16.9 Å². The van der Waals surface area contributed by atoms with Crippen LogP contribution in [-0.4, -0.2) is 16.5 Å². The highest BCUT2D eigenvalue weighted by atomic mass is 35.5. The summed E-state index contributed by atoms with van der Waals surface area (Å²) in [6.45, 7) is 0. The molecule has 0 aliphatic carbocycles. The second-order valence-electron chi connectivity index (χ2n) is 3.94. The Hall–Kier alpha value is -2.00. The van der Waals surface area contributed by atoms with E-state index in [0.29, 0.717) is 5.02 Å². The lowest BCUT2D eigenvalue weighted by atomic mass is 10.1. The second-order valence-corrected chi connectivity index (χ2v) is 4.38. The van der Waals surface area contributed by atoms with Gasteiger partial charge in [-0.2, -0.15) is 0 Å². The molecule has 0 aliphatic rings. The highest BCUT2D eigenvalue weighted by Gasteiger charge is 2.09. The summed E-state index contributed by atoms with van der Waals surface area (Å²) in [7, 11) is 1.66. The number of imidazole rings is 1. The molecule has 0 radical (unpaired) electrons. The SMILES string of the molecule is COc1ccccc1-c1cn2cc(Cl)ccc2n1. The van der Waals surface area contributed by atoms with Gasteiger partial charge in [-0.3, -0.25) is 0 Å². The van der Waals surface area contributed by atoms with Gasteiger partial charge in [0.2, 0.25) is 0 Å². The van der Waals surface area contributed by atoms with E-state index in [1.807, 2.05) is 53.2 Å². The number of fused-ring (bicyclic) bond motifs is 1. The fraction of sp³-hybridized carbons (Fsp3) is 0.0714. The van der Waals surface area contributed by atoms with E-state index in [1.54, 1.807) is 7.11 Å². The monoisotopic (exact) mass is 258 g/mol. The molecule has 0 saturated carbocycles. The predicted octanol–water partition coefficient (Wildman–Crippen LogP) is 3.66. The molecule has 2 aromatic heterocycles. The molecule has 0 atom stereocenters. The van der Waals surface area contributed by atoms with Gasteiger partial charge in [0.05, 0.1) is 17.8 Å². The van der Waals surface area contributed by atoms with E-state index >= 15 is 0 Å². The van der Waals surface area contributed by atoms with Crippen LogP contribution in [-0.2, 0) is 0 Å². The van der Waals surface area contributed by atoms with E-state index in [2.05, 4.69) is 4.98 Å². The molecule has 90 valence electrons. The molecule has 3 rings (SSSR count). The van der Waals surface area contributed by atoms with Crippen molar-refractivity contribution >= 4 is 17.2 Å². The van der Waals surface area contributed by atoms with E-state index < -0.39 is 0 Å². The number of ether oxygens (including phenoxy) is 1. The molecule has 0 N–H and O–H groups in total. The number of methoxy groups -OCH3 is 1. The first-order valence-electron chi connectivity index (χ1n) is 5.55. The van der Waals surface area contributed by atoms with E-state index in [4.69, 9.17) is 16.3 Å². The Balaban J connectivity index is 2.19. The summed E-state index contributed by atoms with van der Waals surface area (Å²) in [4.78, 5) is 4.56. The van der Waals surface area contributed by atoms with Crippen molar-refractivity contribution in [3.63, 3.8) is 0 Å². The molecule has 0 bridgehead atoms. The zero-order chi connectivity index (χ0) is 12.5. The molecular weight excluding hydrogens is 248 g/mol. The molecular formula is C14H11ClN2O. The van der Waals surface area contributed by atoms with Crippen LogP contribution >= 0.6 is 11.6 Å². The van der Waals surface area contributed by atoms with Crippen LogP contribution in [0.2, 0.25) is 5.02 Å². The average Bonchev–Trinajstić information content (AvgIpc) is 2.81. The van der Waals surface area contributed by atoms with E-state index in [1.165, 1.54) is 0 Å².